The maximum atomic E-state index is 12.4. The number of nitriles is 1. The molecule has 2 atom stereocenters. The number of phenols is 1. The zero-order valence-corrected chi connectivity index (χ0v) is 15.0. The van der Waals surface area contributed by atoms with Gasteiger partial charge < -0.3 is 21.1 Å². The van der Waals surface area contributed by atoms with Crippen molar-refractivity contribution in [2.45, 2.75) is 25.4 Å². The molecular weight excluding hydrogens is 344 g/mol. The molecule has 1 unspecified atom stereocenters. The van der Waals surface area contributed by atoms with Crippen molar-refractivity contribution < 1.29 is 14.7 Å². The second-order valence-corrected chi connectivity index (χ2v) is 6.05. The molecule has 7 nitrogen and oxygen atoms in total. The van der Waals surface area contributed by atoms with Crippen LogP contribution in [0.2, 0.25) is 0 Å². The van der Waals surface area contributed by atoms with Crippen molar-refractivity contribution in [2.24, 2.45) is 0 Å². The monoisotopic (exact) mass is 366 g/mol. The second-order valence-electron chi connectivity index (χ2n) is 6.05. The molecule has 27 heavy (non-hydrogen) atoms. The van der Waals surface area contributed by atoms with Crippen LogP contribution in [0.4, 0.5) is 4.79 Å². The van der Waals surface area contributed by atoms with Gasteiger partial charge >= 0.3 is 6.03 Å². The molecule has 3 amide bonds. The largest absolute Gasteiger partial charge is 0.508 e. The Kier molecular flexibility index (Phi) is 7.20. The van der Waals surface area contributed by atoms with E-state index < -0.39 is 18.0 Å². The van der Waals surface area contributed by atoms with E-state index in [-0.39, 0.29) is 24.8 Å². The first-order chi connectivity index (χ1) is 13.0. The number of phenolic OH excluding ortho intramolecular Hbond substituents is 1. The Hall–Kier alpha value is -3.53. The van der Waals surface area contributed by atoms with E-state index in [1.54, 1.807) is 12.1 Å². The van der Waals surface area contributed by atoms with E-state index in [0.29, 0.717) is 0 Å². The third-order valence-electron chi connectivity index (χ3n) is 3.99. The molecule has 140 valence electrons. The minimum absolute atomic E-state index is 0.117. The van der Waals surface area contributed by atoms with Crippen LogP contribution in [-0.4, -0.2) is 29.6 Å². The highest BCUT2D eigenvalue weighted by Crippen LogP contribution is 2.13. The van der Waals surface area contributed by atoms with E-state index >= 15 is 0 Å². The van der Waals surface area contributed by atoms with Crippen molar-refractivity contribution in [3.05, 3.63) is 65.7 Å². The van der Waals surface area contributed by atoms with E-state index in [1.165, 1.54) is 12.1 Å². The quantitative estimate of drug-likeness (QED) is 0.561. The molecule has 0 bridgehead atoms. The third-order valence-corrected chi connectivity index (χ3v) is 3.99. The predicted molar refractivity (Wildman–Crippen MR) is 101 cm³/mol. The van der Waals surface area contributed by atoms with E-state index in [0.717, 1.165) is 11.1 Å². The van der Waals surface area contributed by atoms with Crippen molar-refractivity contribution in [3.8, 4) is 11.8 Å². The van der Waals surface area contributed by atoms with Gasteiger partial charge in [-0.1, -0.05) is 42.5 Å². The van der Waals surface area contributed by atoms with E-state index in [4.69, 9.17) is 5.26 Å². The zero-order valence-electron chi connectivity index (χ0n) is 15.0. The minimum atomic E-state index is -0.856. The minimum Gasteiger partial charge on any atom is -0.508 e. The Bertz CT molecular complexity index is 800. The summed E-state index contributed by atoms with van der Waals surface area (Å²) in [5.41, 5.74) is 1.71. The standard InChI is InChI=1S/C20H22N4O3/c1-14(16-5-3-2-4-6-16)23-20(27)24-18(19(26)22-12-11-21)13-15-7-9-17(25)10-8-15/h2-10,14,18,25H,12-13H2,1H3,(H,22,26)(H2,23,24,27)/t14-,18?/m0/s1. The highest BCUT2D eigenvalue weighted by atomic mass is 16.3. The fraction of sp³-hybridized carbons (Fsp3) is 0.250. The third kappa shape index (κ3) is 6.36. The van der Waals surface area contributed by atoms with Gasteiger partial charge in [0.1, 0.15) is 18.3 Å². The number of urea groups is 1. The van der Waals surface area contributed by atoms with Gasteiger partial charge in [0.15, 0.2) is 0 Å². The number of amides is 3. The summed E-state index contributed by atoms with van der Waals surface area (Å²) in [5.74, 6) is -0.334. The van der Waals surface area contributed by atoms with Gasteiger partial charge in [-0.3, -0.25) is 4.79 Å². The molecule has 0 aliphatic carbocycles. The Balaban J connectivity index is 2.03. The zero-order chi connectivity index (χ0) is 19.6. The van der Waals surface area contributed by atoms with Crippen LogP contribution in [0.3, 0.4) is 0 Å². The first kappa shape index (κ1) is 19.8. The summed E-state index contributed by atoms with van der Waals surface area (Å²) in [6, 6.07) is 16.1. The maximum Gasteiger partial charge on any atom is 0.315 e. The Labute approximate surface area is 158 Å². The number of carbonyl (C=O) groups is 2. The number of benzene rings is 2. The summed E-state index contributed by atoms with van der Waals surface area (Å²) in [6.45, 7) is 1.70. The molecule has 0 heterocycles. The van der Waals surface area contributed by atoms with Gasteiger partial charge in [0, 0.05) is 6.42 Å². The first-order valence-corrected chi connectivity index (χ1v) is 8.54. The van der Waals surface area contributed by atoms with Crippen molar-refractivity contribution in [3.63, 3.8) is 0 Å². The molecule has 2 rings (SSSR count). The van der Waals surface area contributed by atoms with Crippen LogP contribution in [0.1, 0.15) is 24.1 Å². The van der Waals surface area contributed by atoms with Gasteiger partial charge in [0.05, 0.1) is 12.1 Å². The van der Waals surface area contributed by atoms with Crippen molar-refractivity contribution >= 4 is 11.9 Å². The van der Waals surface area contributed by atoms with Gasteiger partial charge in [-0.25, -0.2) is 4.79 Å². The number of nitrogens with one attached hydrogen (secondary N) is 3. The maximum absolute atomic E-state index is 12.4. The highest BCUT2D eigenvalue weighted by Gasteiger charge is 2.22. The molecule has 2 aromatic carbocycles. The lowest BCUT2D eigenvalue weighted by atomic mass is 10.0. The Morgan fingerprint density at radius 1 is 1.07 bits per heavy atom. The summed E-state index contributed by atoms with van der Waals surface area (Å²) >= 11 is 0. The van der Waals surface area contributed by atoms with Crippen LogP contribution in [0, 0.1) is 11.3 Å². The average molecular weight is 366 g/mol. The molecule has 0 fully saturated rings. The fourth-order valence-corrected chi connectivity index (χ4v) is 2.55. The molecule has 0 saturated carbocycles. The molecule has 4 N–H and O–H groups in total. The van der Waals surface area contributed by atoms with Gasteiger partial charge in [-0.15, -0.1) is 0 Å². The van der Waals surface area contributed by atoms with E-state index in [2.05, 4.69) is 16.0 Å². The van der Waals surface area contributed by atoms with Crippen LogP contribution in [0.15, 0.2) is 54.6 Å². The number of aromatic hydroxyl groups is 1. The second kappa shape index (κ2) is 9.82. The SMILES string of the molecule is C[C@H](NC(=O)NC(Cc1ccc(O)cc1)C(=O)NCC#N)c1ccccc1. The lowest BCUT2D eigenvalue weighted by Gasteiger charge is -2.20. The van der Waals surface area contributed by atoms with Crippen LogP contribution in [0.5, 0.6) is 5.75 Å². The highest BCUT2D eigenvalue weighted by molar-refractivity contribution is 5.87. The van der Waals surface area contributed by atoms with Crippen LogP contribution in [0.25, 0.3) is 0 Å². The van der Waals surface area contributed by atoms with Gasteiger partial charge in [0.25, 0.3) is 0 Å². The van der Waals surface area contributed by atoms with E-state index in [9.17, 15) is 14.7 Å². The summed E-state index contributed by atoms with van der Waals surface area (Å²) in [7, 11) is 0. The molecule has 0 saturated heterocycles. The summed E-state index contributed by atoms with van der Waals surface area (Å²) < 4.78 is 0. The number of hydrogen-bond acceptors (Lipinski definition) is 4. The topological polar surface area (TPSA) is 114 Å². The van der Waals surface area contributed by atoms with Crippen LogP contribution >= 0.6 is 0 Å². The molecule has 0 spiro atoms. The van der Waals surface area contributed by atoms with Crippen LogP contribution in [-0.2, 0) is 11.2 Å². The lowest BCUT2D eigenvalue weighted by molar-refractivity contribution is -0.122. The molecule has 0 aliphatic rings. The summed E-state index contributed by atoms with van der Waals surface area (Å²) in [4.78, 5) is 24.7. The predicted octanol–water partition coefficient (Wildman–Crippen LogP) is 2.00. The van der Waals surface area contributed by atoms with Crippen LogP contribution < -0.4 is 16.0 Å². The Morgan fingerprint density at radius 3 is 2.37 bits per heavy atom. The normalized spacial score (nSPS) is 12.3. The summed E-state index contributed by atoms with van der Waals surface area (Å²) in [5, 5.41) is 25.9. The summed E-state index contributed by atoms with van der Waals surface area (Å²) in [6.07, 6.45) is 0.227. The van der Waals surface area contributed by atoms with Gasteiger partial charge in [-0.2, -0.15) is 5.26 Å². The van der Waals surface area contributed by atoms with Crippen molar-refractivity contribution in [2.75, 3.05) is 6.54 Å². The number of hydrogen-bond donors (Lipinski definition) is 4. The molecule has 0 radical (unpaired) electrons. The molecule has 7 heteroatoms. The lowest BCUT2D eigenvalue weighted by Crippen LogP contribution is -2.51. The number of rotatable bonds is 7. The molecule has 0 aliphatic heterocycles. The first-order valence-electron chi connectivity index (χ1n) is 8.54. The van der Waals surface area contributed by atoms with Crippen molar-refractivity contribution in [1.29, 1.82) is 5.26 Å². The smallest absolute Gasteiger partial charge is 0.315 e. The molecule has 0 aromatic heterocycles. The van der Waals surface area contributed by atoms with Crippen molar-refractivity contribution in [1.82, 2.24) is 16.0 Å². The van der Waals surface area contributed by atoms with E-state index in [1.807, 2.05) is 43.3 Å². The van der Waals surface area contributed by atoms with Gasteiger partial charge in [0.2, 0.25) is 5.91 Å². The fourth-order valence-electron chi connectivity index (χ4n) is 2.55. The molecular formula is C20H22N4O3. The number of nitrogens with zero attached hydrogens (tertiary/aromatic N) is 1. The van der Waals surface area contributed by atoms with Gasteiger partial charge in [-0.05, 0) is 30.2 Å². The Morgan fingerprint density at radius 2 is 1.74 bits per heavy atom. The molecule has 2 aromatic rings. The average Bonchev–Trinajstić information content (AvgIpc) is 2.67. The number of carbonyl (C=O) groups excluding carboxylic acids is 2.